The highest BCUT2D eigenvalue weighted by atomic mass is 35.5. The van der Waals surface area contributed by atoms with Crippen LogP contribution in [0.4, 0.5) is 0 Å². The summed E-state index contributed by atoms with van der Waals surface area (Å²) in [5.41, 5.74) is 4.24. The summed E-state index contributed by atoms with van der Waals surface area (Å²) >= 11 is 13.2. The van der Waals surface area contributed by atoms with Crippen molar-refractivity contribution < 1.29 is 9.90 Å². The monoisotopic (exact) mass is 486 g/mol. The van der Waals surface area contributed by atoms with Crippen molar-refractivity contribution in [3.8, 4) is 11.3 Å². The molecule has 1 aliphatic heterocycles. The van der Waals surface area contributed by atoms with Crippen LogP contribution < -0.4 is 0 Å². The molecular formula is C25H27ClN2O2S2. The zero-order chi connectivity index (χ0) is 22.4. The second-order valence-corrected chi connectivity index (χ2v) is 11.2. The first kappa shape index (κ1) is 22.2. The van der Waals surface area contributed by atoms with Crippen LogP contribution in [-0.4, -0.2) is 37.4 Å². The largest absolute Gasteiger partial charge is 0.396 e. The van der Waals surface area contributed by atoms with Gasteiger partial charge in [-0.3, -0.25) is 9.69 Å². The lowest BCUT2D eigenvalue weighted by atomic mass is 9.94. The normalized spacial score (nSPS) is 26.2. The second-order valence-electron chi connectivity index (χ2n) is 9.13. The van der Waals surface area contributed by atoms with Crippen molar-refractivity contribution in [3.63, 3.8) is 0 Å². The Morgan fingerprint density at radius 1 is 1.25 bits per heavy atom. The first-order chi connectivity index (χ1) is 15.5. The van der Waals surface area contributed by atoms with Gasteiger partial charge in [0.05, 0.1) is 4.91 Å². The Kier molecular flexibility index (Phi) is 6.23. The van der Waals surface area contributed by atoms with Gasteiger partial charge in [0, 0.05) is 36.1 Å². The maximum Gasteiger partial charge on any atom is 0.266 e. The van der Waals surface area contributed by atoms with Gasteiger partial charge >= 0.3 is 0 Å². The van der Waals surface area contributed by atoms with Crippen molar-refractivity contribution in [2.75, 3.05) is 6.61 Å². The lowest BCUT2D eigenvalue weighted by Crippen LogP contribution is -2.41. The molecule has 2 aliphatic carbocycles. The summed E-state index contributed by atoms with van der Waals surface area (Å²) in [5.74, 6) is 1.42. The lowest BCUT2D eigenvalue weighted by Gasteiger charge is -2.30. The number of thiocarbonyl (C=S) groups is 1. The van der Waals surface area contributed by atoms with Gasteiger partial charge in [0.15, 0.2) is 0 Å². The van der Waals surface area contributed by atoms with Gasteiger partial charge in [0.2, 0.25) is 0 Å². The van der Waals surface area contributed by atoms with Crippen LogP contribution in [0.2, 0.25) is 5.02 Å². The van der Waals surface area contributed by atoms with Crippen molar-refractivity contribution >= 4 is 51.9 Å². The molecule has 2 aromatic rings. The fraction of sp³-hybridized carbons (Fsp3) is 0.440. The molecule has 168 valence electrons. The van der Waals surface area contributed by atoms with Crippen LogP contribution in [0.25, 0.3) is 17.3 Å². The number of aryl methyl sites for hydroxylation is 1. The predicted molar refractivity (Wildman–Crippen MR) is 136 cm³/mol. The van der Waals surface area contributed by atoms with Crippen LogP contribution in [0.3, 0.4) is 0 Å². The number of carbonyl (C=O) groups excluding carboxylic acids is 1. The average molecular weight is 487 g/mol. The summed E-state index contributed by atoms with van der Waals surface area (Å²) in [6.45, 7) is 0.136. The van der Waals surface area contributed by atoms with Gasteiger partial charge in [-0.2, -0.15) is 0 Å². The number of amides is 1. The Balaban J connectivity index is 1.49. The third kappa shape index (κ3) is 3.96. The molecule has 32 heavy (non-hydrogen) atoms. The Labute approximate surface area is 203 Å². The molecule has 5 rings (SSSR count). The molecule has 2 heterocycles. The molecule has 2 saturated carbocycles. The number of nitrogens with zero attached hydrogens (tertiary/aromatic N) is 2. The van der Waals surface area contributed by atoms with Crippen molar-refractivity contribution in [1.29, 1.82) is 0 Å². The third-order valence-electron chi connectivity index (χ3n) is 7.23. The van der Waals surface area contributed by atoms with E-state index >= 15 is 0 Å². The van der Waals surface area contributed by atoms with Crippen LogP contribution in [-0.2, 0) is 18.3 Å². The summed E-state index contributed by atoms with van der Waals surface area (Å²) in [6, 6.07) is 10.2. The van der Waals surface area contributed by atoms with Crippen molar-refractivity contribution in [3.05, 3.63) is 51.5 Å². The molecule has 0 radical (unpaired) electrons. The van der Waals surface area contributed by atoms with Crippen LogP contribution in [0.15, 0.2) is 35.2 Å². The maximum atomic E-state index is 13.4. The smallest absolute Gasteiger partial charge is 0.266 e. The standard InChI is InChI=1S/C25H27ClN2O2S2/c1-27-20(16-6-8-19(26)9-7-16)13-17(3-2-10-29)21(27)14-23-24(30)28(25(31)32-23)22-12-15-4-5-18(22)11-15/h6-9,13-15,18,22,29H,2-5,10-12H2,1H3/b23-14-. The molecule has 4 nitrogen and oxygen atoms in total. The number of thioether (sulfide) groups is 1. The molecule has 3 atom stereocenters. The summed E-state index contributed by atoms with van der Waals surface area (Å²) < 4.78 is 2.82. The highest BCUT2D eigenvalue weighted by Crippen LogP contribution is 2.49. The van der Waals surface area contributed by atoms with E-state index < -0.39 is 0 Å². The Morgan fingerprint density at radius 3 is 2.69 bits per heavy atom. The number of halogens is 1. The number of fused-ring (bicyclic) bond motifs is 2. The zero-order valence-electron chi connectivity index (χ0n) is 18.1. The Hall–Kier alpha value is -1.60. The van der Waals surface area contributed by atoms with E-state index in [2.05, 4.69) is 10.6 Å². The van der Waals surface area contributed by atoms with Crippen molar-refractivity contribution in [1.82, 2.24) is 9.47 Å². The van der Waals surface area contributed by atoms with Gasteiger partial charge < -0.3 is 9.67 Å². The van der Waals surface area contributed by atoms with Crippen LogP contribution >= 0.6 is 35.6 Å². The second kappa shape index (κ2) is 8.98. The van der Waals surface area contributed by atoms with E-state index in [0.717, 1.165) is 41.3 Å². The van der Waals surface area contributed by atoms with Gasteiger partial charge in [0.1, 0.15) is 4.32 Å². The number of carbonyl (C=O) groups is 1. The average Bonchev–Trinajstić information content (AvgIpc) is 3.53. The molecule has 3 unspecified atom stereocenters. The minimum absolute atomic E-state index is 0.0555. The molecule has 1 amide bonds. The molecule has 3 fully saturated rings. The van der Waals surface area contributed by atoms with E-state index in [1.54, 1.807) is 0 Å². The van der Waals surface area contributed by atoms with Crippen molar-refractivity contribution in [2.45, 2.75) is 44.6 Å². The summed E-state index contributed by atoms with van der Waals surface area (Å²) in [4.78, 5) is 16.0. The van der Waals surface area contributed by atoms with Crippen molar-refractivity contribution in [2.24, 2.45) is 18.9 Å². The van der Waals surface area contributed by atoms with Gasteiger partial charge in [-0.05, 0) is 79.3 Å². The molecule has 7 heteroatoms. The Bertz CT molecular complexity index is 1090. The van der Waals surface area contributed by atoms with Gasteiger partial charge in [-0.15, -0.1) is 0 Å². The van der Waals surface area contributed by atoms with E-state index in [-0.39, 0.29) is 18.6 Å². The topological polar surface area (TPSA) is 45.5 Å². The lowest BCUT2D eigenvalue weighted by molar-refractivity contribution is -0.124. The molecule has 3 aliphatic rings. The maximum absolute atomic E-state index is 13.4. The van der Waals surface area contributed by atoms with Gasteiger partial charge in [-0.1, -0.05) is 54.1 Å². The number of aromatic nitrogens is 1. The predicted octanol–water partition coefficient (Wildman–Crippen LogP) is 5.66. The zero-order valence-corrected chi connectivity index (χ0v) is 20.5. The highest BCUT2D eigenvalue weighted by molar-refractivity contribution is 8.26. The van der Waals surface area contributed by atoms with E-state index in [1.807, 2.05) is 42.3 Å². The SMILES string of the molecule is Cn1c(-c2ccc(Cl)cc2)cc(CCCO)c1/C=C1\SC(=S)N(C2CC3CCC2C3)C1=O. The minimum atomic E-state index is 0.0555. The minimum Gasteiger partial charge on any atom is -0.396 e. The first-order valence-electron chi connectivity index (χ1n) is 11.3. The molecule has 1 N–H and O–H groups in total. The number of hydrogen-bond donors (Lipinski definition) is 1. The molecule has 1 aromatic carbocycles. The Morgan fingerprint density at radius 2 is 2.03 bits per heavy atom. The number of aliphatic hydroxyl groups excluding tert-OH is 1. The first-order valence-corrected chi connectivity index (χ1v) is 12.9. The molecular weight excluding hydrogens is 460 g/mol. The van der Waals surface area contributed by atoms with Crippen LogP contribution in [0, 0.1) is 11.8 Å². The van der Waals surface area contributed by atoms with Crippen LogP contribution in [0.1, 0.15) is 43.4 Å². The van der Waals surface area contributed by atoms with E-state index in [4.69, 9.17) is 23.8 Å². The fourth-order valence-corrected chi connectivity index (χ4v) is 7.13. The van der Waals surface area contributed by atoms with E-state index in [9.17, 15) is 9.90 Å². The summed E-state index contributed by atoms with van der Waals surface area (Å²) in [5, 5.41) is 10.1. The highest BCUT2D eigenvalue weighted by Gasteiger charge is 2.48. The summed E-state index contributed by atoms with van der Waals surface area (Å²) in [6.07, 6.45) is 8.29. The quantitative estimate of drug-likeness (QED) is 0.422. The van der Waals surface area contributed by atoms with E-state index in [0.29, 0.717) is 26.6 Å². The summed E-state index contributed by atoms with van der Waals surface area (Å²) in [7, 11) is 2.02. The number of hydrogen-bond acceptors (Lipinski definition) is 4. The molecule has 1 aromatic heterocycles. The van der Waals surface area contributed by atoms with Crippen LogP contribution in [0.5, 0.6) is 0 Å². The third-order valence-corrected chi connectivity index (χ3v) is 8.81. The molecule has 1 saturated heterocycles. The fourth-order valence-electron chi connectivity index (χ4n) is 5.66. The number of benzene rings is 1. The molecule has 0 spiro atoms. The van der Waals surface area contributed by atoms with E-state index in [1.165, 1.54) is 31.0 Å². The van der Waals surface area contributed by atoms with Gasteiger partial charge in [-0.25, -0.2) is 0 Å². The van der Waals surface area contributed by atoms with Gasteiger partial charge in [0.25, 0.3) is 5.91 Å². The number of aliphatic hydroxyl groups is 1. The molecule has 2 bridgehead atoms. The number of rotatable bonds is 6.